The average molecular weight is 302 g/mol. The molecule has 0 saturated carbocycles. The zero-order valence-electron chi connectivity index (χ0n) is 12.3. The molecule has 23 heavy (non-hydrogen) atoms. The van der Waals surface area contributed by atoms with Crippen LogP contribution < -0.4 is 11.1 Å². The molecule has 0 atom stereocenters. The summed E-state index contributed by atoms with van der Waals surface area (Å²) in [6.07, 6.45) is 7.16. The van der Waals surface area contributed by atoms with Crippen LogP contribution in [0.4, 0.5) is 17.5 Å². The molecule has 0 spiro atoms. The molecule has 1 aliphatic heterocycles. The summed E-state index contributed by atoms with van der Waals surface area (Å²) in [6, 6.07) is 9.91. The third-order valence-corrected chi connectivity index (χ3v) is 3.68. The highest BCUT2D eigenvalue weighted by molar-refractivity contribution is 5.91. The highest BCUT2D eigenvalue weighted by Crippen LogP contribution is 2.32. The Morgan fingerprint density at radius 1 is 1.13 bits per heavy atom. The molecule has 3 N–H and O–H groups in total. The molecule has 2 aromatic heterocycles. The van der Waals surface area contributed by atoms with Crippen LogP contribution in [0.3, 0.4) is 0 Å². The van der Waals surface area contributed by atoms with Crippen LogP contribution in [0.15, 0.2) is 53.9 Å². The third-order valence-electron chi connectivity index (χ3n) is 3.68. The molecule has 3 heterocycles. The van der Waals surface area contributed by atoms with Crippen molar-refractivity contribution in [3.8, 4) is 11.1 Å². The molecule has 4 rings (SSSR count). The van der Waals surface area contributed by atoms with Gasteiger partial charge in [-0.3, -0.25) is 9.98 Å². The molecule has 0 fully saturated rings. The third kappa shape index (κ3) is 2.62. The second kappa shape index (κ2) is 5.49. The highest BCUT2D eigenvalue weighted by Gasteiger charge is 2.15. The van der Waals surface area contributed by atoms with E-state index >= 15 is 0 Å². The topological polar surface area (TPSA) is 89.1 Å². The van der Waals surface area contributed by atoms with Crippen molar-refractivity contribution in [3.05, 3.63) is 60.0 Å². The van der Waals surface area contributed by atoms with Crippen molar-refractivity contribution in [2.45, 2.75) is 6.54 Å². The molecule has 3 aromatic rings. The second-order valence-electron chi connectivity index (χ2n) is 5.23. The van der Waals surface area contributed by atoms with Crippen LogP contribution >= 0.6 is 0 Å². The van der Waals surface area contributed by atoms with E-state index in [0.717, 1.165) is 22.4 Å². The molecule has 0 unspecified atom stereocenters. The van der Waals surface area contributed by atoms with E-state index < -0.39 is 0 Å². The number of nitrogens with zero attached hydrogens (tertiary/aromatic N) is 4. The van der Waals surface area contributed by atoms with Crippen LogP contribution in [0.2, 0.25) is 0 Å². The minimum atomic E-state index is 0.241. The summed E-state index contributed by atoms with van der Waals surface area (Å²) < 4.78 is 0. The number of hydrogen-bond donors (Lipinski definition) is 2. The molecule has 0 radical (unpaired) electrons. The van der Waals surface area contributed by atoms with Gasteiger partial charge in [-0.1, -0.05) is 6.07 Å². The Morgan fingerprint density at radius 3 is 2.91 bits per heavy atom. The number of nitrogens with one attached hydrogen (secondary N) is 1. The van der Waals surface area contributed by atoms with E-state index in [1.807, 2.05) is 24.5 Å². The summed E-state index contributed by atoms with van der Waals surface area (Å²) in [5.74, 6) is 0.898. The predicted octanol–water partition coefficient (Wildman–Crippen LogP) is 2.80. The number of benzene rings is 1. The Hall–Kier alpha value is -3.28. The fraction of sp³-hybridized carbons (Fsp3) is 0.0588. The average Bonchev–Trinajstić information content (AvgIpc) is 3.03. The number of pyridine rings is 1. The van der Waals surface area contributed by atoms with Crippen molar-refractivity contribution in [1.82, 2.24) is 15.0 Å². The maximum Gasteiger partial charge on any atom is 0.221 e. The number of fused-ring (bicyclic) bond motifs is 1. The number of nitrogen functional groups attached to an aromatic ring is 1. The molecule has 0 aliphatic carbocycles. The zero-order chi connectivity index (χ0) is 15.6. The fourth-order valence-corrected chi connectivity index (χ4v) is 2.66. The first-order chi connectivity index (χ1) is 11.3. The number of aliphatic imine (C=N–C) groups is 1. The summed E-state index contributed by atoms with van der Waals surface area (Å²) in [6.45, 7) is 0.695. The SMILES string of the molecule is Nc1nccc(Nc2cc3c(c(-c4cccnc4)c2)CN=C3)n1. The van der Waals surface area contributed by atoms with Gasteiger partial charge in [-0.05, 0) is 35.4 Å². The van der Waals surface area contributed by atoms with E-state index in [1.54, 1.807) is 18.5 Å². The first-order valence-corrected chi connectivity index (χ1v) is 7.22. The molecule has 112 valence electrons. The molecule has 0 bridgehead atoms. The first-order valence-electron chi connectivity index (χ1n) is 7.22. The number of anilines is 3. The van der Waals surface area contributed by atoms with Gasteiger partial charge in [-0.2, -0.15) is 4.98 Å². The number of nitrogens with two attached hydrogens (primary N) is 1. The molecular weight excluding hydrogens is 288 g/mol. The van der Waals surface area contributed by atoms with Gasteiger partial charge in [0, 0.05) is 41.6 Å². The van der Waals surface area contributed by atoms with Gasteiger partial charge in [0.2, 0.25) is 5.95 Å². The number of rotatable bonds is 3. The van der Waals surface area contributed by atoms with Crippen molar-refractivity contribution in [3.63, 3.8) is 0 Å². The van der Waals surface area contributed by atoms with Crippen molar-refractivity contribution >= 4 is 23.7 Å². The van der Waals surface area contributed by atoms with E-state index in [1.165, 1.54) is 5.56 Å². The minimum absolute atomic E-state index is 0.241. The van der Waals surface area contributed by atoms with Gasteiger partial charge < -0.3 is 11.1 Å². The van der Waals surface area contributed by atoms with E-state index in [-0.39, 0.29) is 5.95 Å². The van der Waals surface area contributed by atoms with E-state index in [4.69, 9.17) is 5.73 Å². The quantitative estimate of drug-likeness (QED) is 0.776. The molecule has 0 saturated heterocycles. The normalized spacial score (nSPS) is 12.2. The lowest BCUT2D eigenvalue weighted by Gasteiger charge is -2.12. The minimum Gasteiger partial charge on any atom is -0.368 e. The van der Waals surface area contributed by atoms with Crippen LogP contribution in [-0.2, 0) is 6.54 Å². The second-order valence-corrected chi connectivity index (χ2v) is 5.23. The Kier molecular flexibility index (Phi) is 3.20. The van der Waals surface area contributed by atoms with Crippen molar-refractivity contribution in [2.24, 2.45) is 4.99 Å². The standard InChI is InChI=1S/C17H14N6/c18-17-21-5-3-16(23-17)22-13-6-12-9-20-10-15(12)14(7-13)11-2-1-4-19-8-11/h1-9H,10H2,(H3,18,21,22,23). The van der Waals surface area contributed by atoms with Gasteiger partial charge in [0.05, 0.1) is 6.54 Å². The van der Waals surface area contributed by atoms with Gasteiger partial charge in [-0.25, -0.2) is 4.98 Å². The monoisotopic (exact) mass is 302 g/mol. The largest absolute Gasteiger partial charge is 0.368 e. The number of hydrogen-bond acceptors (Lipinski definition) is 6. The van der Waals surface area contributed by atoms with Crippen molar-refractivity contribution in [2.75, 3.05) is 11.1 Å². The van der Waals surface area contributed by atoms with Crippen LogP contribution in [0, 0.1) is 0 Å². The van der Waals surface area contributed by atoms with Crippen molar-refractivity contribution in [1.29, 1.82) is 0 Å². The molecular formula is C17H14N6. The lowest BCUT2D eigenvalue weighted by atomic mass is 9.97. The number of aromatic nitrogens is 3. The lowest BCUT2D eigenvalue weighted by molar-refractivity contribution is 1.11. The molecule has 6 nitrogen and oxygen atoms in total. The summed E-state index contributed by atoms with van der Waals surface area (Å²) in [7, 11) is 0. The van der Waals surface area contributed by atoms with E-state index in [9.17, 15) is 0 Å². The van der Waals surface area contributed by atoms with Crippen molar-refractivity contribution < 1.29 is 0 Å². The molecule has 1 aromatic carbocycles. The summed E-state index contributed by atoms with van der Waals surface area (Å²) >= 11 is 0. The Labute approximate surface area is 133 Å². The Morgan fingerprint density at radius 2 is 2.09 bits per heavy atom. The molecule has 1 aliphatic rings. The predicted molar refractivity (Wildman–Crippen MR) is 90.7 cm³/mol. The Balaban J connectivity index is 1.78. The van der Waals surface area contributed by atoms with E-state index in [2.05, 4.69) is 37.4 Å². The van der Waals surface area contributed by atoms with Crippen LogP contribution in [0.25, 0.3) is 11.1 Å². The highest BCUT2D eigenvalue weighted by atomic mass is 15.1. The smallest absolute Gasteiger partial charge is 0.221 e. The lowest BCUT2D eigenvalue weighted by Crippen LogP contribution is -2.00. The summed E-state index contributed by atoms with van der Waals surface area (Å²) in [5.41, 5.74) is 11.1. The first kappa shape index (κ1) is 13.4. The maximum absolute atomic E-state index is 5.63. The fourth-order valence-electron chi connectivity index (χ4n) is 2.66. The van der Waals surface area contributed by atoms with E-state index in [0.29, 0.717) is 12.4 Å². The Bertz CT molecular complexity index is 889. The zero-order valence-corrected chi connectivity index (χ0v) is 12.3. The van der Waals surface area contributed by atoms with Crippen LogP contribution in [0.1, 0.15) is 11.1 Å². The molecule has 0 amide bonds. The van der Waals surface area contributed by atoms with Gasteiger partial charge in [-0.15, -0.1) is 0 Å². The summed E-state index contributed by atoms with van der Waals surface area (Å²) in [5, 5.41) is 3.27. The van der Waals surface area contributed by atoms with Crippen LogP contribution in [0.5, 0.6) is 0 Å². The van der Waals surface area contributed by atoms with Gasteiger partial charge in [0.25, 0.3) is 0 Å². The van der Waals surface area contributed by atoms with Gasteiger partial charge in [0.1, 0.15) is 5.82 Å². The molecule has 6 heteroatoms. The van der Waals surface area contributed by atoms with Crippen LogP contribution in [-0.4, -0.2) is 21.2 Å². The van der Waals surface area contributed by atoms with Gasteiger partial charge >= 0.3 is 0 Å². The summed E-state index contributed by atoms with van der Waals surface area (Å²) in [4.78, 5) is 16.7. The van der Waals surface area contributed by atoms with Gasteiger partial charge in [0.15, 0.2) is 0 Å². The maximum atomic E-state index is 5.63.